The van der Waals surface area contributed by atoms with Crippen molar-refractivity contribution in [1.82, 2.24) is 4.98 Å². The molecule has 2 heterocycles. The number of fused-ring (bicyclic) bond motifs is 1. The average Bonchev–Trinajstić information content (AvgIpc) is 3.23. The molecular formula is C25H23ClN4S2. The van der Waals surface area contributed by atoms with Crippen LogP contribution in [-0.2, 0) is 6.42 Å². The monoisotopic (exact) mass is 478 g/mol. The zero-order chi connectivity index (χ0) is 21.8. The van der Waals surface area contributed by atoms with Gasteiger partial charge < -0.3 is 10.6 Å². The molecule has 1 aliphatic rings. The normalized spacial score (nSPS) is 16.0. The highest BCUT2D eigenvalue weighted by Crippen LogP contribution is 2.30. The Kier molecular flexibility index (Phi) is 6.62. The van der Waals surface area contributed by atoms with Crippen LogP contribution >= 0.6 is 34.7 Å². The minimum absolute atomic E-state index is 0.240. The molecule has 5 rings (SSSR count). The maximum Gasteiger partial charge on any atom is 0.183 e. The van der Waals surface area contributed by atoms with E-state index >= 15 is 0 Å². The lowest BCUT2D eigenvalue weighted by molar-refractivity contribution is 0.705. The Balaban J connectivity index is 1.16. The summed E-state index contributed by atoms with van der Waals surface area (Å²) in [4.78, 5) is 9.54. The molecular weight excluding hydrogens is 456 g/mol. The smallest absolute Gasteiger partial charge is 0.183 e. The van der Waals surface area contributed by atoms with Gasteiger partial charge in [-0.3, -0.25) is 4.99 Å². The van der Waals surface area contributed by atoms with Gasteiger partial charge in [0.2, 0.25) is 0 Å². The third-order valence-electron chi connectivity index (χ3n) is 5.33. The van der Waals surface area contributed by atoms with Crippen molar-refractivity contribution < 1.29 is 0 Å². The van der Waals surface area contributed by atoms with E-state index < -0.39 is 0 Å². The first-order chi connectivity index (χ1) is 15.7. The Labute approximate surface area is 201 Å². The molecule has 4 aromatic rings. The minimum Gasteiger partial charge on any atom is -0.361 e. The van der Waals surface area contributed by atoms with Gasteiger partial charge in [-0.05, 0) is 54.3 Å². The zero-order valence-electron chi connectivity index (χ0n) is 17.4. The zero-order valence-corrected chi connectivity index (χ0v) is 19.8. The van der Waals surface area contributed by atoms with Gasteiger partial charge in [0.15, 0.2) is 10.3 Å². The van der Waals surface area contributed by atoms with E-state index in [-0.39, 0.29) is 6.04 Å². The number of thioether (sulfide) groups is 1. The number of aliphatic imine (C=N–C) groups is 1. The molecule has 0 fully saturated rings. The standard InChI is InChI=1S/C25H23ClN4S2/c26-19-8-11-22-23(16-19)32-24(30-22)27-14-12-17-6-9-20(10-7-17)28-25-29-21(13-15-31-25)18-4-2-1-3-5-18/h1-11,16,21H,12-15H2,(H,27,30)(H,28,29). The predicted molar refractivity (Wildman–Crippen MR) is 141 cm³/mol. The molecule has 0 radical (unpaired) electrons. The lowest BCUT2D eigenvalue weighted by atomic mass is 10.1. The summed E-state index contributed by atoms with van der Waals surface area (Å²) in [6.07, 6.45) is 2.01. The molecule has 0 saturated heterocycles. The van der Waals surface area contributed by atoms with Crippen molar-refractivity contribution in [3.8, 4) is 0 Å². The first-order valence-electron chi connectivity index (χ1n) is 10.6. The molecule has 7 heteroatoms. The van der Waals surface area contributed by atoms with Crippen molar-refractivity contribution in [2.45, 2.75) is 18.9 Å². The number of hydrogen-bond donors (Lipinski definition) is 2. The second-order valence-electron chi connectivity index (χ2n) is 7.63. The fourth-order valence-corrected chi connectivity index (χ4v) is 5.76. The summed E-state index contributed by atoms with van der Waals surface area (Å²) in [5.41, 5.74) is 4.62. The molecule has 0 amide bonds. The van der Waals surface area contributed by atoms with Crippen LogP contribution in [0.4, 0.5) is 10.8 Å². The van der Waals surface area contributed by atoms with E-state index in [2.05, 4.69) is 70.2 Å². The van der Waals surface area contributed by atoms with Crippen LogP contribution < -0.4 is 10.6 Å². The van der Waals surface area contributed by atoms with Crippen LogP contribution in [0.5, 0.6) is 0 Å². The molecule has 1 aliphatic heterocycles. The Morgan fingerprint density at radius 2 is 1.84 bits per heavy atom. The van der Waals surface area contributed by atoms with Crippen LogP contribution in [0.25, 0.3) is 10.2 Å². The van der Waals surface area contributed by atoms with Gasteiger partial charge in [0, 0.05) is 23.0 Å². The third-order valence-corrected chi connectivity index (χ3v) is 7.46. The van der Waals surface area contributed by atoms with Crippen LogP contribution in [0.3, 0.4) is 0 Å². The summed E-state index contributed by atoms with van der Waals surface area (Å²) >= 11 is 9.49. The second-order valence-corrected chi connectivity index (χ2v) is 10.2. The van der Waals surface area contributed by atoms with Crippen LogP contribution in [-0.4, -0.2) is 22.4 Å². The third kappa shape index (κ3) is 5.26. The van der Waals surface area contributed by atoms with E-state index in [9.17, 15) is 0 Å². The van der Waals surface area contributed by atoms with Crippen molar-refractivity contribution >= 4 is 60.9 Å². The summed E-state index contributed by atoms with van der Waals surface area (Å²) in [7, 11) is 0. The lowest BCUT2D eigenvalue weighted by Crippen LogP contribution is -2.16. The molecule has 0 spiro atoms. The summed E-state index contributed by atoms with van der Waals surface area (Å²) < 4.78 is 1.11. The van der Waals surface area contributed by atoms with Gasteiger partial charge in [-0.25, -0.2) is 4.98 Å². The average molecular weight is 479 g/mol. The molecule has 162 valence electrons. The molecule has 1 unspecified atom stereocenters. The van der Waals surface area contributed by atoms with Crippen LogP contribution in [0.1, 0.15) is 23.6 Å². The fourth-order valence-electron chi connectivity index (χ4n) is 3.66. The molecule has 0 saturated carbocycles. The number of amidine groups is 1. The maximum atomic E-state index is 6.07. The summed E-state index contributed by atoms with van der Waals surface area (Å²) in [6, 6.07) is 25.2. The maximum absolute atomic E-state index is 6.07. The topological polar surface area (TPSA) is 49.3 Å². The highest BCUT2D eigenvalue weighted by atomic mass is 35.5. The number of halogens is 1. The quantitative estimate of drug-likeness (QED) is 0.306. The number of nitrogens with zero attached hydrogens (tertiary/aromatic N) is 2. The highest BCUT2D eigenvalue weighted by Gasteiger charge is 2.17. The van der Waals surface area contributed by atoms with Crippen molar-refractivity contribution in [2.24, 2.45) is 4.99 Å². The van der Waals surface area contributed by atoms with Gasteiger partial charge in [-0.15, -0.1) is 0 Å². The number of benzene rings is 3. The Morgan fingerprint density at radius 1 is 1.00 bits per heavy atom. The van der Waals surface area contributed by atoms with Crippen LogP contribution in [0.2, 0.25) is 5.02 Å². The molecule has 1 atom stereocenters. The van der Waals surface area contributed by atoms with E-state index in [1.54, 1.807) is 23.1 Å². The van der Waals surface area contributed by atoms with E-state index in [1.165, 1.54) is 11.1 Å². The van der Waals surface area contributed by atoms with E-state index in [1.807, 2.05) is 18.2 Å². The highest BCUT2D eigenvalue weighted by molar-refractivity contribution is 8.14. The van der Waals surface area contributed by atoms with Crippen molar-refractivity contribution in [2.75, 3.05) is 22.9 Å². The van der Waals surface area contributed by atoms with E-state index in [0.29, 0.717) is 0 Å². The predicted octanol–water partition coefficient (Wildman–Crippen LogP) is 7.25. The first-order valence-corrected chi connectivity index (χ1v) is 12.8. The van der Waals surface area contributed by atoms with Gasteiger partial charge in [0.05, 0.1) is 16.3 Å². The Morgan fingerprint density at radius 3 is 2.69 bits per heavy atom. The molecule has 0 bridgehead atoms. The lowest BCUT2D eigenvalue weighted by Gasteiger charge is -2.21. The molecule has 4 nitrogen and oxygen atoms in total. The Hall–Kier alpha value is -2.54. The Bertz CT molecular complexity index is 1220. The van der Waals surface area contributed by atoms with Gasteiger partial charge in [-0.1, -0.05) is 77.2 Å². The van der Waals surface area contributed by atoms with Gasteiger partial charge >= 0.3 is 0 Å². The number of hydrogen-bond acceptors (Lipinski definition) is 6. The largest absolute Gasteiger partial charge is 0.361 e. The molecule has 1 aromatic heterocycles. The van der Waals surface area contributed by atoms with Gasteiger partial charge in [0.1, 0.15) is 0 Å². The SMILES string of the molecule is Clc1ccc2nc(NCCc3ccc(NC4=NC(c5ccccc5)CCS4)cc3)sc2c1. The van der Waals surface area contributed by atoms with E-state index in [4.69, 9.17) is 16.6 Å². The second kappa shape index (κ2) is 9.94. The first kappa shape index (κ1) is 21.3. The summed E-state index contributed by atoms with van der Waals surface area (Å²) in [5.74, 6) is 1.08. The van der Waals surface area contributed by atoms with Gasteiger partial charge in [-0.2, -0.15) is 0 Å². The van der Waals surface area contributed by atoms with Crippen LogP contribution in [0.15, 0.2) is 77.8 Å². The van der Waals surface area contributed by atoms with Crippen molar-refractivity contribution in [1.29, 1.82) is 0 Å². The van der Waals surface area contributed by atoms with Gasteiger partial charge in [0.25, 0.3) is 0 Å². The number of anilines is 2. The van der Waals surface area contributed by atoms with Crippen LogP contribution in [0, 0.1) is 0 Å². The molecule has 0 aliphatic carbocycles. The number of aromatic nitrogens is 1. The minimum atomic E-state index is 0.240. The number of rotatable bonds is 6. The van der Waals surface area contributed by atoms with E-state index in [0.717, 1.165) is 56.4 Å². The van der Waals surface area contributed by atoms with Crippen molar-refractivity contribution in [3.63, 3.8) is 0 Å². The summed E-state index contributed by atoms with van der Waals surface area (Å²) in [6.45, 7) is 0.835. The summed E-state index contributed by atoms with van der Waals surface area (Å²) in [5, 5.41) is 9.59. The molecule has 2 N–H and O–H groups in total. The number of nitrogens with one attached hydrogen (secondary N) is 2. The molecule has 32 heavy (non-hydrogen) atoms. The van der Waals surface area contributed by atoms with Crippen molar-refractivity contribution in [3.05, 3.63) is 88.9 Å². The number of thiazole rings is 1. The fraction of sp³-hybridized carbons (Fsp3) is 0.200. The molecule has 3 aromatic carbocycles.